The van der Waals surface area contributed by atoms with Crippen LogP contribution >= 0.6 is 22.9 Å². The van der Waals surface area contributed by atoms with Crippen molar-refractivity contribution in [3.8, 4) is 16.3 Å². The normalized spacial score (nSPS) is 10.6. The van der Waals surface area contributed by atoms with E-state index in [-0.39, 0.29) is 0 Å². The van der Waals surface area contributed by atoms with Crippen LogP contribution in [0.2, 0.25) is 4.34 Å². The number of aryl methyl sites for hydroxylation is 1. The minimum atomic E-state index is 0.351. The van der Waals surface area contributed by atoms with Crippen LogP contribution in [-0.4, -0.2) is 12.1 Å². The third-order valence-electron chi connectivity index (χ3n) is 2.43. The maximum Gasteiger partial charge on any atom is 0.129 e. The van der Waals surface area contributed by atoms with Gasteiger partial charge < -0.3 is 10.5 Å². The molecule has 0 amide bonds. The van der Waals surface area contributed by atoms with Crippen LogP contribution in [-0.2, 0) is 6.54 Å². The van der Waals surface area contributed by atoms with Gasteiger partial charge in [0, 0.05) is 6.54 Å². The van der Waals surface area contributed by atoms with Crippen LogP contribution in [0.5, 0.6) is 5.75 Å². The molecule has 0 atom stereocenters. The van der Waals surface area contributed by atoms with E-state index in [4.69, 9.17) is 22.1 Å². The largest absolute Gasteiger partial charge is 0.496 e. The summed E-state index contributed by atoms with van der Waals surface area (Å²) in [4.78, 5) is 4.43. The van der Waals surface area contributed by atoms with Gasteiger partial charge in [-0.25, -0.2) is 4.98 Å². The minimum Gasteiger partial charge on any atom is -0.496 e. The van der Waals surface area contributed by atoms with E-state index in [1.165, 1.54) is 11.3 Å². The van der Waals surface area contributed by atoms with Gasteiger partial charge in [-0.3, -0.25) is 0 Å². The smallest absolute Gasteiger partial charge is 0.129 e. The first kappa shape index (κ1) is 12.4. The van der Waals surface area contributed by atoms with Crippen molar-refractivity contribution < 1.29 is 4.74 Å². The zero-order chi connectivity index (χ0) is 12.4. The molecule has 90 valence electrons. The summed E-state index contributed by atoms with van der Waals surface area (Å²) in [6.45, 7) is 2.38. The van der Waals surface area contributed by atoms with E-state index in [9.17, 15) is 0 Å². The van der Waals surface area contributed by atoms with E-state index >= 15 is 0 Å². The summed E-state index contributed by atoms with van der Waals surface area (Å²) >= 11 is 7.49. The predicted octanol–water partition coefficient (Wildman–Crippen LogP) is 3.24. The van der Waals surface area contributed by atoms with Crippen molar-refractivity contribution in [1.29, 1.82) is 0 Å². The van der Waals surface area contributed by atoms with E-state index in [0.717, 1.165) is 27.6 Å². The van der Waals surface area contributed by atoms with Gasteiger partial charge in [-0.05, 0) is 19.1 Å². The second-order valence-electron chi connectivity index (χ2n) is 3.65. The molecule has 5 heteroatoms. The highest BCUT2D eigenvalue weighted by atomic mass is 35.5. The highest BCUT2D eigenvalue weighted by Crippen LogP contribution is 2.36. The molecule has 1 aromatic heterocycles. The fourth-order valence-corrected chi connectivity index (χ4v) is 2.74. The molecular weight excluding hydrogens is 256 g/mol. The molecule has 1 aromatic carbocycles. The molecular formula is C12H13ClN2OS. The van der Waals surface area contributed by atoms with E-state index in [1.54, 1.807) is 7.11 Å². The maximum atomic E-state index is 6.07. The van der Waals surface area contributed by atoms with Gasteiger partial charge in [0.25, 0.3) is 0 Å². The second kappa shape index (κ2) is 5.04. The lowest BCUT2D eigenvalue weighted by atomic mass is 10.1. The molecule has 0 radical (unpaired) electrons. The molecule has 1 heterocycles. The standard InChI is InChI=1S/C12H13ClN2OS/c1-7-3-4-10(16-2)8(5-7)12-15-9(6-14)11(13)17-12/h3-5H,6,14H2,1-2H3. The van der Waals surface area contributed by atoms with Gasteiger partial charge in [0.05, 0.1) is 18.4 Å². The van der Waals surface area contributed by atoms with Crippen molar-refractivity contribution in [3.63, 3.8) is 0 Å². The summed E-state index contributed by atoms with van der Waals surface area (Å²) in [5.74, 6) is 0.796. The third kappa shape index (κ3) is 2.44. The Morgan fingerprint density at radius 2 is 2.24 bits per heavy atom. The summed E-state index contributed by atoms with van der Waals surface area (Å²) in [7, 11) is 1.65. The number of ether oxygens (including phenoxy) is 1. The molecule has 2 N–H and O–H groups in total. The first-order chi connectivity index (χ1) is 8.15. The van der Waals surface area contributed by atoms with Crippen LogP contribution in [0.15, 0.2) is 18.2 Å². The molecule has 0 saturated heterocycles. The van der Waals surface area contributed by atoms with E-state index in [0.29, 0.717) is 10.9 Å². The highest BCUT2D eigenvalue weighted by Gasteiger charge is 2.13. The van der Waals surface area contributed by atoms with Crippen LogP contribution in [0.3, 0.4) is 0 Å². The number of methoxy groups -OCH3 is 1. The van der Waals surface area contributed by atoms with Crippen molar-refractivity contribution in [2.45, 2.75) is 13.5 Å². The molecule has 2 aromatic rings. The molecule has 0 aliphatic carbocycles. The first-order valence-corrected chi connectivity index (χ1v) is 6.35. The van der Waals surface area contributed by atoms with E-state index in [2.05, 4.69) is 4.98 Å². The lowest BCUT2D eigenvalue weighted by molar-refractivity contribution is 0.416. The van der Waals surface area contributed by atoms with Crippen molar-refractivity contribution in [2.75, 3.05) is 7.11 Å². The van der Waals surface area contributed by atoms with Crippen LogP contribution in [0, 0.1) is 6.92 Å². The number of aromatic nitrogens is 1. The number of halogens is 1. The van der Waals surface area contributed by atoms with Gasteiger partial charge in [0.2, 0.25) is 0 Å². The number of hydrogen-bond donors (Lipinski definition) is 1. The number of hydrogen-bond acceptors (Lipinski definition) is 4. The summed E-state index contributed by atoms with van der Waals surface area (Å²) in [5.41, 5.74) is 8.41. The Morgan fingerprint density at radius 1 is 1.47 bits per heavy atom. The van der Waals surface area contributed by atoms with Crippen LogP contribution in [0.25, 0.3) is 10.6 Å². The number of benzene rings is 1. The van der Waals surface area contributed by atoms with Gasteiger partial charge in [0.15, 0.2) is 0 Å². The fourth-order valence-electron chi connectivity index (χ4n) is 1.56. The number of nitrogens with two attached hydrogens (primary N) is 1. The Kier molecular flexibility index (Phi) is 3.66. The average molecular weight is 269 g/mol. The van der Waals surface area contributed by atoms with Gasteiger partial charge in [-0.2, -0.15) is 0 Å². The summed E-state index contributed by atoms with van der Waals surface area (Å²) < 4.78 is 5.97. The predicted molar refractivity (Wildman–Crippen MR) is 71.7 cm³/mol. The summed E-state index contributed by atoms with van der Waals surface area (Å²) in [6.07, 6.45) is 0. The quantitative estimate of drug-likeness (QED) is 0.930. The third-order valence-corrected chi connectivity index (χ3v) is 3.80. The Balaban J connectivity index is 2.54. The Hall–Kier alpha value is -1.10. The average Bonchev–Trinajstić information content (AvgIpc) is 2.70. The van der Waals surface area contributed by atoms with Crippen molar-refractivity contribution in [1.82, 2.24) is 4.98 Å². The van der Waals surface area contributed by atoms with Gasteiger partial charge in [-0.1, -0.05) is 23.2 Å². The Morgan fingerprint density at radius 3 is 2.82 bits per heavy atom. The Bertz CT molecular complexity index is 539. The molecule has 3 nitrogen and oxygen atoms in total. The van der Waals surface area contributed by atoms with E-state index in [1.807, 2.05) is 25.1 Å². The molecule has 17 heavy (non-hydrogen) atoms. The number of nitrogens with zero attached hydrogens (tertiary/aromatic N) is 1. The van der Waals surface area contributed by atoms with Crippen molar-refractivity contribution in [2.24, 2.45) is 5.73 Å². The SMILES string of the molecule is COc1ccc(C)cc1-c1nc(CN)c(Cl)s1. The molecule has 0 aliphatic rings. The van der Waals surface area contributed by atoms with Crippen LogP contribution in [0.4, 0.5) is 0 Å². The highest BCUT2D eigenvalue weighted by molar-refractivity contribution is 7.19. The van der Waals surface area contributed by atoms with Crippen LogP contribution < -0.4 is 10.5 Å². The van der Waals surface area contributed by atoms with Gasteiger partial charge in [0.1, 0.15) is 15.1 Å². The molecule has 0 spiro atoms. The zero-order valence-corrected chi connectivity index (χ0v) is 11.2. The number of thiazole rings is 1. The fraction of sp³-hybridized carbons (Fsp3) is 0.250. The summed E-state index contributed by atoms with van der Waals surface area (Å²) in [6, 6.07) is 5.97. The van der Waals surface area contributed by atoms with Crippen molar-refractivity contribution >= 4 is 22.9 Å². The topological polar surface area (TPSA) is 48.1 Å². The lowest BCUT2D eigenvalue weighted by Gasteiger charge is -2.06. The minimum absolute atomic E-state index is 0.351. The van der Waals surface area contributed by atoms with E-state index < -0.39 is 0 Å². The van der Waals surface area contributed by atoms with Gasteiger partial charge >= 0.3 is 0 Å². The molecule has 0 fully saturated rings. The monoisotopic (exact) mass is 268 g/mol. The molecule has 0 aliphatic heterocycles. The molecule has 2 rings (SSSR count). The zero-order valence-electron chi connectivity index (χ0n) is 9.66. The maximum absolute atomic E-state index is 6.07. The van der Waals surface area contributed by atoms with Gasteiger partial charge in [-0.15, -0.1) is 11.3 Å². The molecule has 0 saturated carbocycles. The Labute approximate surface area is 109 Å². The van der Waals surface area contributed by atoms with Crippen LogP contribution in [0.1, 0.15) is 11.3 Å². The summed E-state index contributed by atoms with van der Waals surface area (Å²) in [5, 5.41) is 0.844. The molecule has 0 bridgehead atoms. The lowest BCUT2D eigenvalue weighted by Crippen LogP contribution is -1.97. The van der Waals surface area contributed by atoms with Crippen molar-refractivity contribution in [3.05, 3.63) is 33.8 Å². The first-order valence-electron chi connectivity index (χ1n) is 5.16. The molecule has 0 unspecified atom stereocenters. The second-order valence-corrected chi connectivity index (χ2v) is 5.25. The number of rotatable bonds is 3.